The lowest BCUT2D eigenvalue weighted by molar-refractivity contribution is -0.119. The van der Waals surface area contributed by atoms with Crippen LogP contribution in [-0.4, -0.2) is 71.0 Å². The first-order valence-electron chi connectivity index (χ1n) is 8.77. The molecule has 0 radical (unpaired) electrons. The molecule has 3 rings (SSSR count). The molecule has 1 N–H and O–H groups in total. The Hall–Kier alpha value is -1.60. The second-order valence-electron chi connectivity index (χ2n) is 7.36. The normalized spacial score (nSPS) is 24.0. The monoisotopic (exact) mass is 335 g/mol. The van der Waals surface area contributed by atoms with Gasteiger partial charge in [-0.3, -0.25) is 9.58 Å². The summed E-state index contributed by atoms with van der Waals surface area (Å²) < 4.78 is 8.02. The molecule has 1 spiro atoms. The van der Waals surface area contributed by atoms with Gasteiger partial charge in [0, 0.05) is 65.2 Å². The molecular formula is C17H29N5O2. The first-order valence-corrected chi connectivity index (χ1v) is 8.77. The van der Waals surface area contributed by atoms with E-state index in [0.29, 0.717) is 0 Å². The molecule has 2 amide bonds. The Morgan fingerprint density at radius 1 is 1.46 bits per heavy atom. The molecule has 0 unspecified atom stereocenters. The minimum atomic E-state index is -0.0616. The summed E-state index contributed by atoms with van der Waals surface area (Å²) in [6, 6.07) is 0.213. The predicted octanol–water partition coefficient (Wildman–Crippen LogP) is 1.20. The zero-order chi connectivity index (χ0) is 17.2. The van der Waals surface area contributed by atoms with Crippen LogP contribution in [0.5, 0.6) is 0 Å². The van der Waals surface area contributed by atoms with E-state index in [9.17, 15) is 4.79 Å². The predicted molar refractivity (Wildman–Crippen MR) is 91.6 cm³/mol. The summed E-state index contributed by atoms with van der Waals surface area (Å²) >= 11 is 0. The highest BCUT2D eigenvalue weighted by Crippen LogP contribution is 2.35. The molecule has 134 valence electrons. The van der Waals surface area contributed by atoms with Gasteiger partial charge in [-0.2, -0.15) is 5.10 Å². The molecule has 0 aromatic carbocycles. The number of nitrogens with zero attached hydrogens (tertiary/aromatic N) is 4. The SMILES string of the molecule is CN(C)C(=O)N[C@H]1CCOC2(CCN(Cc3cnn(C)c3)CC2)C1. The Labute approximate surface area is 143 Å². The maximum atomic E-state index is 11.9. The number of aromatic nitrogens is 2. The van der Waals surface area contributed by atoms with E-state index in [1.165, 1.54) is 5.56 Å². The minimum Gasteiger partial charge on any atom is -0.375 e. The maximum absolute atomic E-state index is 11.9. The summed E-state index contributed by atoms with van der Waals surface area (Å²) in [5.74, 6) is 0. The van der Waals surface area contributed by atoms with E-state index in [-0.39, 0.29) is 17.7 Å². The number of aryl methyl sites for hydroxylation is 1. The van der Waals surface area contributed by atoms with Gasteiger partial charge in [0.1, 0.15) is 0 Å². The molecule has 2 aliphatic rings. The molecule has 1 aromatic heterocycles. The van der Waals surface area contributed by atoms with Crippen LogP contribution in [0.2, 0.25) is 0 Å². The largest absolute Gasteiger partial charge is 0.375 e. The fraction of sp³-hybridized carbons (Fsp3) is 0.765. The van der Waals surface area contributed by atoms with Crippen LogP contribution in [0.1, 0.15) is 31.2 Å². The number of carbonyl (C=O) groups is 1. The number of ether oxygens (including phenoxy) is 1. The molecule has 7 heteroatoms. The Bertz CT molecular complexity index is 563. The molecule has 7 nitrogen and oxygen atoms in total. The van der Waals surface area contributed by atoms with E-state index in [1.54, 1.807) is 19.0 Å². The molecule has 1 atom stereocenters. The van der Waals surface area contributed by atoms with Crippen molar-refractivity contribution in [2.75, 3.05) is 33.8 Å². The summed E-state index contributed by atoms with van der Waals surface area (Å²) in [4.78, 5) is 16.0. The van der Waals surface area contributed by atoms with Crippen molar-refractivity contribution in [3.05, 3.63) is 18.0 Å². The second kappa shape index (κ2) is 7.11. The number of urea groups is 1. The average molecular weight is 335 g/mol. The van der Waals surface area contributed by atoms with Crippen LogP contribution in [-0.2, 0) is 18.3 Å². The molecular weight excluding hydrogens is 306 g/mol. The number of nitrogens with one attached hydrogen (secondary N) is 1. The summed E-state index contributed by atoms with van der Waals surface area (Å²) in [6.07, 6.45) is 7.90. The van der Waals surface area contributed by atoms with Gasteiger partial charge in [0.15, 0.2) is 0 Å². The molecule has 2 saturated heterocycles. The molecule has 0 saturated carbocycles. The van der Waals surface area contributed by atoms with Gasteiger partial charge in [0.2, 0.25) is 0 Å². The molecule has 24 heavy (non-hydrogen) atoms. The van der Waals surface area contributed by atoms with Gasteiger partial charge in [-0.05, 0) is 25.7 Å². The Morgan fingerprint density at radius 2 is 2.21 bits per heavy atom. The minimum absolute atomic E-state index is 0.00827. The molecule has 2 fully saturated rings. The van der Waals surface area contributed by atoms with Gasteiger partial charge in [-0.1, -0.05) is 0 Å². The van der Waals surface area contributed by atoms with E-state index < -0.39 is 0 Å². The lowest BCUT2D eigenvalue weighted by Crippen LogP contribution is -2.54. The van der Waals surface area contributed by atoms with Crippen molar-refractivity contribution in [2.45, 2.75) is 43.9 Å². The highest BCUT2D eigenvalue weighted by Gasteiger charge is 2.40. The maximum Gasteiger partial charge on any atom is 0.317 e. The van der Waals surface area contributed by atoms with Crippen molar-refractivity contribution in [3.8, 4) is 0 Å². The molecule has 2 aliphatic heterocycles. The third-order valence-electron chi connectivity index (χ3n) is 5.16. The quantitative estimate of drug-likeness (QED) is 0.902. The van der Waals surface area contributed by atoms with E-state index in [2.05, 4.69) is 21.5 Å². The van der Waals surface area contributed by atoms with E-state index >= 15 is 0 Å². The topological polar surface area (TPSA) is 62.6 Å². The second-order valence-corrected chi connectivity index (χ2v) is 7.36. The van der Waals surface area contributed by atoms with Crippen LogP contribution in [0.25, 0.3) is 0 Å². The van der Waals surface area contributed by atoms with Crippen LogP contribution in [0.15, 0.2) is 12.4 Å². The lowest BCUT2D eigenvalue weighted by atomic mass is 9.82. The Morgan fingerprint density at radius 3 is 2.83 bits per heavy atom. The van der Waals surface area contributed by atoms with Crippen molar-refractivity contribution in [2.24, 2.45) is 7.05 Å². The van der Waals surface area contributed by atoms with Gasteiger partial charge in [0.25, 0.3) is 0 Å². The van der Waals surface area contributed by atoms with Crippen LogP contribution in [0.3, 0.4) is 0 Å². The van der Waals surface area contributed by atoms with Crippen LogP contribution in [0, 0.1) is 0 Å². The van der Waals surface area contributed by atoms with Crippen molar-refractivity contribution < 1.29 is 9.53 Å². The number of rotatable bonds is 3. The summed E-state index contributed by atoms with van der Waals surface area (Å²) in [7, 11) is 5.51. The fourth-order valence-electron chi connectivity index (χ4n) is 3.73. The molecule has 3 heterocycles. The van der Waals surface area contributed by atoms with Crippen molar-refractivity contribution in [1.82, 2.24) is 24.9 Å². The number of hydrogen-bond acceptors (Lipinski definition) is 4. The Kier molecular flexibility index (Phi) is 5.10. The van der Waals surface area contributed by atoms with Crippen molar-refractivity contribution in [1.29, 1.82) is 0 Å². The highest BCUT2D eigenvalue weighted by molar-refractivity contribution is 5.73. The fourth-order valence-corrected chi connectivity index (χ4v) is 3.73. The average Bonchev–Trinajstić information content (AvgIpc) is 2.95. The number of amides is 2. The third kappa shape index (κ3) is 4.08. The highest BCUT2D eigenvalue weighted by atomic mass is 16.5. The number of carbonyl (C=O) groups excluding carboxylic acids is 1. The first kappa shape index (κ1) is 17.2. The van der Waals surface area contributed by atoms with Crippen LogP contribution >= 0.6 is 0 Å². The van der Waals surface area contributed by atoms with E-state index in [1.807, 2.05) is 17.9 Å². The standard InChI is InChI=1S/C17H29N5O2/c1-20(2)16(23)19-15-4-9-24-17(10-15)5-7-22(8-6-17)13-14-11-18-21(3)12-14/h11-12,15H,4-10,13H2,1-3H3,(H,19,23)/t15-/m0/s1. The van der Waals surface area contributed by atoms with E-state index in [4.69, 9.17) is 4.74 Å². The number of piperidine rings is 1. The molecule has 0 aliphatic carbocycles. The third-order valence-corrected chi connectivity index (χ3v) is 5.16. The molecule has 1 aromatic rings. The molecule has 0 bridgehead atoms. The van der Waals surface area contributed by atoms with Gasteiger partial charge < -0.3 is 15.0 Å². The van der Waals surface area contributed by atoms with Crippen molar-refractivity contribution >= 4 is 6.03 Å². The summed E-state index contributed by atoms with van der Waals surface area (Å²) in [6.45, 7) is 3.75. The number of likely N-dealkylation sites (tertiary alicyclic amines) is 1. The van der Waals surface area contributed by atoms with Gasteiger partial charge in [0.05, 0.1) is 11.8 Å². The first-order chi connectivity index (χ1) is 11.5. The lowest BCUT2D eigenvalue weighted by Gasteiger charge is -2.46. The van der Waals surface area contributed by atoms with Crippen LogP contribution in [0.4, 0.5) is 4.79 Å². The van der Waals surface area contributed by atoms with Gasteiger partial charge in [-0.25, -0.2) is 4.79 Å². The zero-order valence-electron chi connectivity index (χ0n) is 15.0. The smallest absolute Gasteiger partial charge is 0.317 e. The summed E-state index contributed by atoms with van der Waals surface area (Å²) in [5, 5.41) is 7.36. The summed E-state index contributed by atoms with van der Waals surface area (Å²) in [5.41, 5.74) is 1.20. The van der Waals surface area contributed by atoms with Gasteiger partial charge in [-0.15, -0.1) is 0 Å². The zero-order valence-corrected chi connectivity index (χ0v) is 15.0. The van der Waals surface area contributed by atoms with E-state index in [0.717, 1.165) is 51.9 Å². The Balaban J connectivity index is 1.51. The number of hydrogen-bond donors (Lipinski definition) is 1. The van der Waals surface area contributed by atoms with Crippen molar-refractivity contribution in [3.63, 3.8) is 0 Å². The van der Waals surface area contributed by atoms with Crippen LogP contribution < -0.4 is 5.32 Å². The van der Waals surface area contributed by atoms with Gasteiger partial charge >= 0.3 is 6.03 Å².